The molecule has 0 radical (unpaired) electrons. The van der Waals surface area contributed by atoms with Gasteiger partial charge in [0.2, 0.25) is 0 Å². The number of hydrogen-bond acceptors (Lipinski definition) is 5. The first-order valence-corrected chi connectivity index (χ1v) is 8.77. The van der Waals surface area contributed by atoms with E-state index >= 15 is 0 Å². The highest BCUT2D eigenvalue weighted by atomic mass is 16.5. The van der Waals surface area contributed by atoms with Gasteiger partial charge >= 0.3 is 0 Å². The molecular weight excluding hydrogens is 306 g/mol. The van der Waals surface area contributed by atoms with Crippen molar-refractivity contribution in [2.24, 2.45) is 5.92 Å². The Morgan fingerprint density at radius 3 is 3.08 bits per heavy atom. The fourth-order valence-corrected chi connectivity index (χ4v) is 3.19. The SMILES string of the molecule is CCCCc1cn(CC2CCCN(C(=O)c3cc(C)on3)C2)nn1. The Morgan fingerprint density at radius 2 is 2.33 bits per heavy atom. The minimum Gasteiger partial charge on any atom is -0.361 e. The normalized spacial score (nSPS) is 18.1. The number of unbranched alkanes of at least 4 members (excludes halogenated alkanes) is 1. The monoisotopic (exact) mass is 331 g/mol. The van der Waals surface area contributed by atoms with Crippen molar-refractivity contribution < 1.29 is 9.32 Å². The molecular formula is C17H25N5O2. The van der Waals surface area contributed by atoms with Crippen LogP contribution < -0.4 is 0 Å². The van der Waals surface area contributed by atoms with Crippen molar-refractivity contribution >= 4 is 5.91 Å². The molecule has 0 N–H and O–H groups in total. The number of aromatic nitrogens is 4. The number of piperidine rings is 1. The lowest BCUT2D eigenvalue weighted by atomic mass is 9.98. The van der Waals surface area contributed by atoms with Gasteiger partial charge in [-0.3, -0.25) is 9.48 Å². The van der Waals surface area contributed by atoms with Crippen molar-refractivity contribution in [2.45, 2.75) is 52.5 Å². The second-order valence-corrected chi connectivity index (χ2v) is 6.62. The molecule has 1 fully saturated rings. The van der Waals surface area contributed by atoms with Crippen molar-refractivity contribution in [3.05, 3.63) is 29.4 Å². The summed E-state index contributed by atoms with van der Waals surface area (Å²) >= 11 is 0. The standard InChI is InChI=1S/C17H25N5O2/c1-3-4-7-15-12-22(20-18-15)11-14-6-5-8-21(10-14)17(23)16-9-13(2)24-19-16/h9,12,14H,3-8,10-11H2,1-2H3. The van der Waals surface area contributed by atoms with Gasteiger partial charge in [-0.2, -0.15) is 0 Å². The molecule has 1 amide bonds. The Kier molecular flexibility index (Phi) is 5.27. The summed E-state index contributed by atoms with van der Waals surface area (Å²) in [6, 6.07) is 1.70. The van der Waals surface area contributed by atoms with E-state index in [1.807, 2.05) is 15.8 Å². The summed E-state index contributed by atoms with van der Waals surface area (Å²) in [4.78, 5) is 14.4. The maximum atomic E-state index is 12.5. The Bertz CT molecular complexity index is 678. The van der Waals surface area contributed by atoms with Crippen LogP contribution in [0.1, 0.15) is 54.5 Å². The fraction of sp³-hybridized carbons (Fsp3) is 0.647. The molecule has 3 rings (SSSR count). The molecule has 1 saturated heterocycles. The number of aryl methyl sites for hydroxylation is 2. The summed E-state index contributed by atoms with van der Waals surface area (Å²) in [5.41, 5.74) is 1.45. The zero-order valence-electron chi connectivity index (χ0n) is 14.4. The molecule has 0 aromatic carbocycles. The van der Waals surface area contributed by atoms with Crippen molar-refractivity contribution in [2.75, 3.05) is 13.1 Å². The number of rotatable bonds is 6. The number of carbonyl (C=O) groups is 1. The molecule has 130 valence electrons. The maximum Gasteiger partial charge on any atom is 0.276 e. The quantitative estimate of drug-likeness (QED) is 0.812. The molecule has 2 aromatic rings. The van der Waals surface area contributed by atoms with Crippen LogP contribution in [0.2, 0.25) is 0 Å². The van der Waals surface area contributed by atoms with Crippen LogP contribution in [0, 0.1) is 12.8 Å². The van der Waals surface area contributed by atoms with Gasteiger partial charge in [-0.25, -0.2) is 0 Å². The Hall–Kier alpha value is -2.18. The molecule has 0 aliphatic carbocycles. The highest BCUT2D eigenvalue weighted by Crippen LogP contribution is 2.20. The van der Waals surface area contributed by atoms with Crippen LogP contribution in [-0.2, 0) is 13.0 Å². The van der Waals surface area contributed by atoms with E-state index in [1.54, 1.807) is 13.0 Å². The summed E-state index contributed by atoms with van der Waals surface area (Å²) in [5, 5.41) is 12.3. The van der Waals surface area contributed by atoms with E-state index < -0.39 is 0 Å². The summed E-state index contributed by atoms with van der Waals surface area (Å²) in [7, 11) is 0. The molecule has 24 heavy (non-hydrogen) atoms. The van der Waals surface area contributed by atoms with Crippen LogP contribution >= 0.6 is 0 Å². The Balaban J connectivity index is 1.57. The lowest BCUT2D eigenvalue weighted by Gasteiger charge is -2.32. The van der Waals surface area contributed by atoms with Crippen LogP contribution in [0.4, 0.5) is 0 Å². The Labute approximate surface area is 142 Å². The number of nitrogens with zero attached hydrogens (tertiary/aromatic N) is 5. The third-order valence-electron chi connectivity index (χ3n) is 4.47. The van der Waals surface area contributed by atoms with E-state index in [0.717, 1.165) is 57.4 Å². The zero-order chi connectivity index (χ0) is 16.9. The Morgan fingerprint density at radius 1 is 1.46 bits per heavy atom. The average Bonchev–Trinajstić information content (AvgIpc) is 3.21. The van der Waals surface area contributed by atoms with Crippen LogP contribution in [0.15, 0.2) is 16.8 Å². The topological polar surface area (TPSA) is 77.0 Å². The summed E-state index contributed by atoms with van der Waals surface area (Å²) in [6.07, 6.45) is 7.43. The van der Waals surface area contributed by atoms with Crippen LogP contribution in [0.3, 0.4) is 0 Å². The third-order valence-corrected chi connectivity index (χ3v) is 4.47. The number of hydrogen-bond donors (Lipinski definition) is 0. The summed E-state index contributed by atoms with van der Waals surface area (Å²) in [5.74, 6) is 1.02. The van der Waals surface area contributed by atoms with E-state index in [0.29, 0.717) is 17.4 Å². The lowest BCUT2D eigenvalue weighted by Crippen LogP contribution is -2.41. The lowest BCUT2D eigenvalue weighted by molar-refractivity contribution is 0.0649. The minimum atomic E-state index is -0.0428. The molecule has 0 saturated carbocycles. The highest BCUT2D eigenvalue weighted by Gasteiger charge is 2.26. The maximum absolute atomic E-state index is 12.5. The fourth-order valence-electron chi connectivity index (χ4n) is 3.19. The molecule has 0 bridgehead atoms. The predicted octanol–water partition coefficient (Wildman–Crippen LogP) is 2.47. The van der Waals surface area contributed by atoms with E-state index in [-0.39, 0.29) is 5.91 Å². The minimum absolute atomic E-state index is 0.0428. The van der Waals surface area contributed by atoms with Crippen molar-refractivity contribution in [1.82, 2.24) is 25.1 Å². The van der Waals surface area contributed by atoms with Gasteiger partial charge in [-0.15, -0.1) is 5.10 Å². The van der Waals surface area contributed by atoms with Gasteiger partial charge in [0, 0.05) is 31.9 Å². The molecule has 1 aliphatic rings. The molecule has 1 aliphatic heterocycles. The molecule has 7 heteroatoms. The average molecular weight is 331 g/mol. The zero-order valence-corrected chi connectivity index (χ0v) is 14.4. The van der Waals surface area contributed by atoms with Gasteiger partial charge in [0.05, 0.1) is 5.69 Å². The number of amides is 1. The highest BCUT2D eigenvalue weighted by molar-refractivity contribution is 5.92. The van der Waals surface area contributed by atoms with Crippen molar-refractivity contribution in [1.29, 1.82) is 0 Å². The second kappa shape index (κ2) is 7.59. The van der Waals surface area contributed by atoms with E-state index in [2.05, 4.69) is 22.4 Å². The van der Waals surface area contributed by atoms with Gasteiger partial charge in [0.1, 0.15) is 5.76 Å². The number of likely N-dealkylation sites (tertiary alicyclic amines) is 1. The van der Waals surface area contributed by atoms with Gasteiger partial charge < -0.3 is 9.42 Å². The van der Waals surface area contributed by atoms with Gasteiger partial charge in [0.25, 0.3) is 5.91 Å². The van der Waals surface area contributed by atoms with Crippen LogP contribution in [0.5, 0.6) is 0 Å². The molecule has 2 aromatic heterocycles. The van der Waals surface area contributed by atoms with Gasteiger partial charge in [-0.1, -0.05) is 23.7 Å². The van der Waals surface area contributed by atoms with Gasteiger partial charge in [-0.05, 0) is 38.5 Å². The first-order chi connectivity index (χ1) is 11.7. The first-order valence-electron chi connectivity index (χ1n) is 8.77. The molecule has 3 heterocycles. The largest absolute Gasteiger partial charge is 0.361 e. The summed E-state index contributed by atoms with van der Waals surface area (Å²) in [6.45, 7) is 6.29. The van der Waals surface area contributed by atoms with E-state index in [4.69, 9.17) is 4.52 Å². The van der Waals surface area contributed by atoms with Crippen molar-refractivity contribution in [3.8, 4) is 0 Å². The molecule has 7 nitrogen and oxygen atoms in total. The third kappa shape index (κ3) is 4.01. The first kappa shape index (κ1) is 16.7. The van der Waals surface area contributed by atoms with Crippen LogP contribution in [-0.4, -0.2) is 44.0 Å². The van der Waals surface area contributed by atoms with E-state index in [1.165, 1.54) is 0 Å². The van der Waals surface area contributed by atoms with Crippen molar-refractivity contribution in [3.63, 3.8) is 0 Å². The second-order valence-electron chi connectivity index (χ2n) is 6.62. The number of carbonyl (C=O) groups excluding carboxylic acids is 1. The smallest absolute Gasteiger partial charge is 0.276 e. The van der Waals surface area contributed by atoms with Gasteiger partial charge in [0.15, 0.2) is 5.69 Å². The predicted molar refractivity (Wildman–Crippen MR) is 88.5 cm³/mol. The van der Waals surface area contributed by atoms with Crippen LogP contribution in [0.25, 0.3) is 0 Å². The summed E-state index contributed by atoms with van der Waals surface area (Å²) < 4.78 is 6.93. The molecule has 1 unspecified atom stereocenters. The molecule has 1 atom stereocenters. The van der Waals surface area contributed by atoms with E-state index in [9.17, 15) is 4.79 Å². The molecule has 0 spiro atoms.